The molecule has 0 bridgehead atoms. The molecule has 15 heavy (non-hydrogen) atoms. The second kappa shape index (κ2) is 4.75. The van der Waals surface area contributed by atoms with Gasteiger partial charge >= 0.3 is 0 Å². The first-order chi connectivity index (χ1) is 7.33. The highest BCUT2D eigenvalue weighted by molar-refractivity contribution is 5.21. The van der Waals surface area contributed by atoms with Crippen molar-refractivity contribution in [2.75, 3.05) is 13.6 Å². The molecule has 3 unspecified atom stereocenters. The number of benzene rings is 1. The number of nitrogens with one attached hydrogen (secondary N) is 3. The summed E-state index contributed by atoms with van der Waals surface area (Å²) in [7, 11) is 2.01. The molecule has 3 heteroatoms. The lowest BCUT2D eigenvalue weighted by Gasteiger charge is -2.20. The summed E-state index contributed by atoms with van der Waals surface area (Å²) in [5.74, 6) is 0.595. The summed E-state index contributed by atoms with van der Waals surface area (Å²) >= 11 is 0. The van der Waals surface area contributed by atoms with Gasteiger partial charge in [-0.1, -0.05) is 30.3 Å². The molecule has 1 aliphatic rings. The first-order valence-electron chi connectivity index (χ1n) is 5.53. The third-order valence-corrected chi connectivity index (χ3v) is 3.14. The molecule has 0 aromatic heterocycles. The van der Waals surface area contributed by atoms with Crippen molar-refractivity contribution in [2.24, 2.45) is 5.92 Å². The van der Waals surface area contributed by atoms with Gasteiger partial charge in [-0.3, -0.25) is 5.43 Å². The molecule has 0 radical (unpaired) electrons. The van der Waals surface area contributed by atoms with Crippen LogP contribution in [-0.4, -0.2) is 19.6 Å². The molecule has 1 aliphatic heterocycles. The second-order valence-electron chi connectivity index (χ2n) is 4.19. The van der Waals surface area contributed by atoms with E-state index < -0.39 is 0 Å². The molecule has 1 aromatic rings. The highest BCUT2D eigenvalue weighted by atomic mass is 15.4. The predicted molar refractivity (Wildman–Crippen MR) is 62.3 cm³/mol. The van der Waals surface area contributed by atoms with Crippen LogP contribution in [0.1, 0.15) is 18.5 Å². The Kier molecular flexibility index (Phi) is 3.36. The zero-order valence-corrected chi connectivity index (χ0v) is 9.33. The van der Waals surface area contributed by atoms with Crippen molar-refractivity contribution >= 4 is 0 Å². The van der Waals surface area contributed by atoms with Crippen LogP contribution in [-0.2, 0) is 0 Å². The van der Waals surface area contributed by atoms with Gasteiger partial charge in [-0.05, 0) is 19.5 Å². The SMILES string of the molecule is CNCC1C(C)NNC1c1ccccc1. The zero-order chi connectivity index (χ0) is 10.7. The standard InChI is InChI=1S/C12H19N3/c1-9-11(8-13-2)12(15-14-9)10-6-4-3-5-7-10/h3-7,9,11-15H,8H2,1-2H3. The summed E-state index contributed by atoms with van der Waals surface area (Å²) in [6.45, 7) is 3.25. The highest BCUT2D eigenvalue weighted by Crippen LogP contribution is 2.27. The summed E-state index contributed by atoms with van der Waals surface area (Å²) in [5, 5.41) is 3.26. The van der Waals surface area contributed by atoms with Crippen LogP contribution in [0.15, 0.2) is 30.3 Å². The highest BCUT2D eigenvalue weighted by Gasteiger charge is 2.32. The molecule has 1 heterocycles. The minimum atomic E-state index is 0.411. The Bertz CT molecular complexity index is 299. The van der Waals surface area contributed by atoms with E-state index in [2.05, 4.69) is 53.4 Å². The normalized spacial score (nSPS) is 30.7. The van der Waals surface area contributed by atoms with Crippen molar-refractivity contribution in [3.8, 4) is 0 Å². The minimum Gasteiger partial charge on any atom is -0.319 e. The second-order valence-corrected chi connectivity index (χ2v) is 4.19. The molecule has 3 nitrogen and oxygen atoms in total. The summed E-state index contributed by atoms with van der Waals surface area (Å²) in [4.78, 5) is 0. The summed E-state index contributed by atoms with van der Waals surface area (Å²) in [6, 6.07) is 11.5. The van der Waals surface area contributed by atoms with Crippen LogP contribution in [0.4, 0.5) is 0 Å². The topological polar surface area (TPSA) is 36.1 Å². The van der Waals surface area contributed by atoms with E-state index >= 15 is 0 Å². The van der Waals surface area contributed by atoms with Crippen LogP contribution in [0.3, 0.4) is 0 Å². The molecule has 0 spiro atoms. The van der Waals surface area contributed by atoms with E-state index in [4.69, 9.17) is 0 Å². The average Bonchev–Trinajstić information content (AvgIpc) is 2.63. The van der Waals surface area contributed by atoms with Gasteiger partial charge in [-0.25, -0.2) is 5.43 Å². The predicted octanol–water partition coefficient (Wildman–Crippen LogP) is 1.06. The van der Waals surface area contributed by atoms with Crippen molar-refractivity contribution in [1.29, 1.82) is 0 Å². The maximum absolute atomic E-state index is 3.37. The van der Waals surface area contributed by atoms with E-state index in [9.17, 15) is 0 Å². The number of hydrazine groups is 1. The quantitative estimate of drug-likeness (QED) is 0.690. The molecule has 1 fully saturated rings. The fraction of sp³-hybridized carbons (Fsp3) is 0.500. The Balaban J connectivity index is 2.15. The number of hydrogen-bond donors (Lipinski definition) is 3. The van der Waals surface area contributed by atoms with Crippen molar-refractivity contribution in [3.05, 3.63) is 35.9 Å². The lowest BCUT2D eigenvalue weighted by Crippen LogP contribution is -2.31. The van der Waals surface area contributed by atoms with Gasteiger partial charge < -0.3 is 5.32 Å². The third kappa shape index (κ3) is 2.20. The first kappa shape index (κ1) is 10.6. The smallest absolute Gasteiger partial charge is 0.0518 e. The molecule has 1 aromatic carbocycles. The van der Waals surface area contributed by atoms with E-state index in [1.165, 1.54) is 5.56 Å². The maximum Gasteiger partial charge on any atom is 0.0518 e. The molecule has 2 rings (SSSR count). The van der Waals surface area contributed by atoms with Crippen LogP contribution >= 0.6 is 0 Å². The zero-order valence-electron chi connectivity index (χ0n) is 9.33. The third-order valence-electron chi connectivity index (χ3n) is 3.14. The van der Waals surface area contributed by atoms with Gasteiger partial charge in [0.1, 0.15) is 0 Å². The largest absolute Gasteiger partial charge is 0.319 e. The Morgan fingerprint density at radius 1 is 1.20 bits per heavy atom. The van der Waals surface area contributed by atoms with Crippen LogP contribution < -0.4 is 16.2 Å². The van der Waals surface area contributed by atoms with E-state index in [1.54, 1.807) is 0 Å². The van der Waals surface area contributed by atoms with Crippen LogP contribution in [0.25, 0.3) is 0 Å². The Labute approximate surface area is 91.2 Å². The van der Waals surface area contributed by atoms with Crippen molar-refractivity contribution in [3.63, 3.8) is 0 Å². The van der Waals surface area contributed by atoms with Crippen molar-refractivity contribution in [1.82, 2.24) is 16.2 Å². The molecule has 0 aliphatic carbocycles. The Morgan fingerprint density at radius 3 is 2.60 bits per heavy atom. The summed E-state index contributed by atoms with van der Waals surface area (Å²) in [5.41, 5.74) is 8.04. The van der Waals surface area contributed by atoms with Gasteiger partial charge in [0.25, 0.3) is 0 Å². The molecule has 1 saturated heterocycles. The average molecular weight is 205 g/mol. The Hall–Kier alpha value is -0.900. The molecule has 82 valence electrons. The molecular weight excluding hydrogens is 186 g/mol. The van der Waals surface area contributed by atoms with E-state index in [0.717, 1.165) is 6.54 Å². The maximum atomic E-state index is 3.37. The van der Waals surface area contributed by atoms with Crippen LogP contribution in [0.2, 0.25) is 0 Å². The molecule has 0 amide bonds. The van der Waals surface area contributed by atoms with Gasteiger partial charge in [-0.15, -0.1) is 0 Å². The lowest BCUT2D eigenvalue weighted by atomic mass is 9.90. The monoisotopic (exact) mass is 205 g/mol. The summed E-state index contributed by atoms with van der Waals surface area (Å²) < 4.78 is 0. The molecule has 0 saturated carbocycles. The van der Waals surface area contributed by atoms with Crippen LogP contribution in [0.5, 0.6) is 0 Å². The van der Waals surface area contributed by atoms with Crippen LogP contribution in [0, 0.1) is 5.92 Å². The lowest BCUT2D eigenvalue weighted by molar-refractivity contribution is 0.417. The summed E-state index contributed by atoms with van der Waals surface area (Å²) in [6.07, 6.45) is 0. The first-order valence-corrected chi connectivity index (χ1v) is 5.53. The Morgan fingerprint density at radius 2 is 1.93 bits per heavy atom. The van der Waals surface area contributed by atoms with Gasteiger partial charge in [0.15, 0.2) is 0 Å². The molecule has 3 atom stereocenters. The van der Waals surface area contributed by atoms with E-state index in [-0.39, 0.29) is 0 Å². The molecular formula is C12H19N3. The number of rotatable bonds is 3. The van der Waals surface area contributed by atoms with Gasteiger partial charge in [0.05, 0.1) is 6.04 Å². The molecule has 3 N–H and O–H groups in total. The van der Waals surface area contributed by atoms with Gasteiger partial charge in [0.2, 0.25) is 0 Å². The number of hydrogen-bond acceptors (Lipinski definition) is 3. The fourth-order valence-electron chi connectivity index (χ4n) is 2.25. The fourth-order valence-corrected chi connectivity index (χ4v) is 2.25. The van der Waals surface area contributed by atoms with E-state index in [0.29, 0.717) is 18.0 Å². The van der Waals surface area contributed by atoms with Gasteiger partial charge in [0, 0.05) is 18.5 Å². The van der Waals surface area contributed by atoms with Gasteiger partial charge in [-0.2, -0.15) is 0 Å². The van der Waals surface area contributed by atoms with E-state index in [1.807, 2.05) is 7.05 Å². The van der Waals surface area contributed by atoms with Crippen molar-refractivity contribution in [2.45, 2.75) is 19.0 Å². The van der Waals surface area contributed by atoms with Crippen molar-refractivity contribution < 1.29 is 0 Å². The minimum absolute atomic E-state index is 0.411.